The van der Waals surface area contributed by atoms with E-state index >= 15 is 0 Å². The second kappa shape index (κ2) is 4.60. The van der Waals surface area contributed by atoms with Gasteiger partial charge in [0.1, 0.15) is 0 Å². The fourth-order valence-corrected chi connectivity index (χ4v) is 3.07. The summed E-state index contributed by atoms with van der Waals surface area (Å²) in [6.07, 6.45) is 0.336. The quantitative estimate of drug-likeness (QED) is 0.677. The van der Waals surface area contributed by atoms with E-state index in [0.717, 1.165) is 24.8 Å². The van der Waals surface area contributed by atoms with Gasteiger partial charge < -0.3 is 0 Å². The minimum atomic E-state index is -4.23. The predicted molar refractivity (Wildman–Crippen MR) is 66.4 cm³/mol. The van der Waals surface area contributed by atoms with Gasteiger partial charge in [-0.1, -0.05) is 32.4 Å². The summed E-state index contributed by atoms with van der Waals surface area (Å²) < 4.78 is 37.4. The van der Waals surface area contributed by atoms with Crippen LogP contribution in [0.5, 0.6) is 0 Å². The Morgan fingerprint density at radius 3 is 2.22 bits per heavy atom. The first-order chi connectivity index (χ1) is 8.43. The molecule has 0 heterocycles. The summed E-state index contributed by atoms with van der Waals surface area (Å²) in [4.78, 5) is 0. The summed E-state index contributed by atoms with van der Waals surface area (Å²) >= 11 is 0. The van der Waals surface area contributed by atoms with Gasteiger partial charge in [-0.3, -0.25) is 0 Å². The molecular weight excluding hydrogens is 237 g/mol. The van der Waals surface area contributed by atoms with Crippen molar-refractivity contribution in [2.45, 2.75) is 51.6 Å². The predicted octanol–water partition coefficient (Wildman–Crippen LogP) is 5.39. The van der Waals surface area contributed by atoms with Crippen molar-refractivity contribution in [3.05, 3.63) is 35.4 Å². The third kappa shape index (κ3) is 2.40. The summed E-state index contributed by atoms with van der Waals surface area (Å²) in [5.41, 5.74) is 0.872. The molecule has 1 aromatic rings. The normalized spacial score (nSPS) is 27.3. The molecule has 1 aliphatic carbocycles. The Hall–Kier alpha value is -0.990. The second-order valence-corrected chi connectivity index (χ2v) is 5.34. The molecule has 2 atom stereocenters. The van der Waals surface area contributed by atoms with Crippen molar-refractivity contribution < 1.29 is 13.2 Å². The molecule has 100 valence electrons. The van der Waals surface area contributed by atoms with E-state index < -0.39 is 11.7 Å². The molecule has 1 saturated carbocycles. The SMILES string of the molecule is CCCC1(CC)CC1c1ccc(C(F)(F)F)cc1. The topological polar surface area (TPSA) is 0 Å². The molecule has 1 aromatic carbocycles. The van der Waals surface area contributed by atoms with E-state index in [1.165, 1.54) is 18.6 Å². The molecule has 0 aliphatic heterocycles. The molecule has 2 unspecified atom stereocenters. The van der Waals surface area contributed by atoms with Crippen LogP contribution in [0, 0.1) is 5.41 Å². The van der Waals surface area contributed by atoms with E-state index in [9.17, 15) is 13.2 Å². The van der Waals surface area contributed by atoms with Crippen LogP contribution in [0.15, 0.2) is 24.3 Å². The van der Waals surface area contributed by atoms with Crippen molar-refractivity contribution in [3.8, 4) is 0 Å². The molecule has 0 spiro atoms. The molecular formula is C15H19F3. The zero-order valence-corrected chi connectivity index (χ0v) is 10.8. The van der Waals surface area contributed by atoms with Crippen LogP contribution >= 0.6 is 0 Å². The van der Waals surface area contributed by atoms with Crippen molar-refractivity contribution >= 4 is 0 Å². The van der Waals surface area contributed by atoms with Crippen LogP contribution in [0.3, 0.4) is 0 Å². The Morgan fingerprint density at radius 2 is 1.78 bits per heavy atom. The Labute approximate surface area is 106 Å². The standard InChI is InChI=1S/C15H19F3/c1-3-9-14(4-2)10-13(14)11-5-7-12(8-6-11)15(16,17)18/h5-8,13H,3-4,9-10H2,1-2H3. The second-order valence-electron chi connectivity index (χ2n) is 5.34. The minimum Gasteiger partial charge on any atom is -0.166 e. The maximum atomic E-state index is 12.5. The number of alkyl halides is 3. The molecule has 0 saturated heterocycles. The van der Waals surface area contributed by atoms with Gasteiger partial charge in [0.15, 0.2) is 0 Å². The van der Waals surface area contributed by atoms with Gasteiger partial charge in [-0.25, -0.2) is 0 Å². The van der Waals surface area contributed by atoms with Crippen molar-refractivity contribution in [2.24, 2.45) is 5.41 Å². The van der Waals surface area contributed by atoms with E-state index in [4.69, 9.17) is 0 Å². The van der Waals surface area contributed by atoms with Gasteiger partial charge in [-0.2, -0.15) is 13.2 Å². The first-order valence-corrected chi connectivity index (χ1v) is 6.60. The van der Waals surface area contributed by atoms with Crippen LogP contribution < -0.4 is 0 Å². The molecule has 1 fully saturated rings. The Balaban J connectivity index is 2.13. The largest absolute Gasteiger partial charge is 0.416 e. The Kier molecular flexibility index (Phi) is 3.43. The van der Waals surface area contributed by atoms with Crippen molar-refractivity contribution in [1.82, 2.24) is 0 Å². The van der Waals surface area contributed by atoms with E-state index in [-0.39, 0.29) is 0 Å². The average Bonchev–Trinajstić information content (AvgIpc) is 3.04. The van der Waals surface area contributed by atoms with E-state index in [2.05, 4.69) is 13.8 Å². The van der Waals surface area contributed by atoms with E-state index in [1.54, 1.807) is 12.1 Å². The third-order valence-electron chi connectivity index (χ3n) is 4.28. The molecule has 0 bridgehead atoms. The molecule has 0 amide bonds. The van der Waals surface area contributed by atoms with Crippen molar-refractivity contribution in [2.75, 3.05) is 0 Å². The lowest BCUT2D eigenvalue weighted by atomic mass is 9.91. The summed E-state index contributed by atoms with van der Waals surface area (Å²) in [7, 11) is 0. The maximum Gasteiger partial charge on any atom is 0.416 e. The fourth-order valence-electron chi connectivity index (χ4n) is 3.07. The molecule has 0 N–H and O–H groups in total. The first kappa shape index (κ1) is 13.4. The first-order valence-electron chi connectivity index (χ1n) is 6.60. The summed E-state index contributed by atoms with van der Waals surface area (Å²) in [5.74, 6) is 0.463. The lowest BCUT2D eigenvalue weighted by Gasteiger charge is -2.14. The van der Waals surface area contributed by atoms with Gasteiger partial charge in [0.05, 0.1) is 5.56 Å². The molecule has 3 heteroatoms. The van der Waals surface area contributed by atoms with Crippen LogP contribution in [-0.4, -0.2) is 0 Å². The fraction of sp³-hybridized carbons (Fsp3) is 0.600. The van der Waals surface area contributed by atoms with E-state index in [1.807, 2.05) is 0 Å². The summed E-state index contributed by atoms with van der Waals surface area (Å²) in [6, 6.07) is 5.72. The van der Waals surface area contributed by atoms with Gasteiger partial charge >= 0.3 is 6.18 Å². The molecule has 0 nitrogen and oxygen atoms in total. The zero-order valence-electron chi connectivity index (χ0n) is 10.8. The van der Waals surface area contributed by atoms with Crippen molar-refractivity contribution in [3.63, 3.8) is 0 Å². The minimum absolute atomic E-state index is 0.356. The average molecular weight is 256 g/mol. The number of hydrogen-bond donors (Lipinski definition) is 0. The van der Waals surface area contributed by atoms with Gasteiger partial charge in [0.25, 0.3) is 0 Å². The lowest BCUT2D eigenvalue weighted by molar-refractivity contribution is -0.137. The number of benzene rings is 1. The van der Waals surface area contributed by atoms with Gasteiger partial charge in [0, 0.05) is 0 Å². The number of halogens is 3. The molecule has 0 radical (unpaired) electrons. The highest BCUT2D eigenvalue weighted by Crippen LogP contribution is 2.64. The molecule has 18 heavy (non-hydrogen) atoms. The highest BCUT2D eigenvalue weighted by Gasteiger charge is 2.52. The number of hydrogen-bond acceptors (Lipinski definition) is 0. The highest BCUT2D eigenvalue weighted by atomic mass is 19.4. The van der Waals surface area contributed by atoms with Crippen LogP contribution in [0.4, 0.5) is 13.2 Å². The highest BCUT2D eigenvalue weighted by molar-refractivity contribution is 5.33. The monoisotopic (exact) mass is 256 g/mol. The third-order valence-corrected chi connectivity index (χ3v) is 4.28. The molecule has 2 rings (SSSR count). The molecule has 0 aromatic heterocycles. The zero-order chi connectivity index (χ0) is 13.4. The van der Waals surface area contributed by atoms with Crippen LogP contribution in [-0.2, 0) is 6.18 Å². The number of rotatable bonds is 4. The van der Waals surface area contributed by atoms with Gasteiger partial charge in [-0.05, 0) is 48.3 Å². The van der Waals surface area contributed by atoms with Crippen molar-refractivity contribution in [1.29, 1.82) is 0 Å². The Bertz CT molecular complexity index is 405. The van der Waals surface area contributed by atoms with E-state index in [0.29, 0.717) is 11.3 Å². The van der Waals surface area contributed by atoms with Crippen LogP contribution in [0.1, 0.15) is 56.6 Å². The maximum absolute atomic E-state index is 12.5. The van der Waals surface area contributed by atoms with Gasteiger partial charge in [-0.15, -0.1) is 0 Å². The summed E-state index contributed by atoms with van der Waals surface area (Å²) in [6.45, 7) is 4.35. The molecule has 1 aliphatic rings. The van der Waals surface area contributed by atoms with Crippen LogP contribution in [0.2, 0.25) is 0 Å². The van der Waals surface area contributed by atoms with Gasteiger partial charge in [0.2, 0.25) is 0 Å². The smallest absolute Gasteiger partial charge is 0.166 e. The lowest BCUT2D eigenvalue weighted by Crippen LogP contribution is -2.05. The van der Waals surface area contributed by atoms with Crippen LogP contribution in [0.25, 0.3) is 0 Å². The Morgan fingerprint density at radius 1 is 1.17 bits per heavy atom. The summed E-state index contributed by atoms with van der Waals surface area (Å²) in [5, 5.41) is 0.